The number of carbonyl (C=O) groups is 1. The van der Waals surface area contributed by atoms with Crippen LogP contribution in [0.15, 0.2) is 89.9 Å². The first-order chi connectivity index (χ1) is 14.1. The second kappa shape index (κ2) is 8.10. The quantitative estimate of drug-likeness (QED) is 0.573. The van der Waals surface area contributed by atoms with Crippen LogP contribution in [0.2, 0.25) is 0 Å². The lowest BCUT2D eigenvalue weighted by atomic mass is 9.98. The van der Waals surface area contributed by atoms with E-state index in [1.54, 1.807) is 18.3 Å². The molecule has 1 heterocycles. The molecule has 0 bridgehead atoms. The monoisotopic (exact) mass is 383 g/mol. The molecule has 1 amide bonds. The zero-order valence-corrected chi connectivity index (χ0v) is 16.1. The van der Waals surface area contributed by atoms with E-state index >= 15 is 0 Å². The molecule has 0 aliphatic heterocycles. The van der Waals surface area contributed by atoms with E-state index in [1.807, 2.05) is 73.7 Å². The summed E-state index contributed by atoms with van der Waals surface area (Å²) in [7, 11) is 0. The summed E-state index contributed by atoms with van der Waals surface area (Å²) in [6.07, 6.45) is 1.61. The molecular weight excluding hydrogens is 362 g/mol. The maximum absolute atomic E-state index is 12.8. The van der Waals surface area contributed by atoms with E-state index in [-0.39, 0.29) is 24.1 Å². The van der Waals surface area contributed by atoms with E-state index in [0.717, 1.165) is 22.1 Å². The van der Waals surface area contributed by atoms with Crippen LogP contribution in [0.5, 0.6) is 0 Å². The van der Waals surface area contributed by atoms with Crippen LogP contribution in [-0.4, -0.2) is 15.7 Å². The Kier molecular flexibility index (Phi) is 5.20. The highest BCUT2D eigenvalue weighted by Crippen LogP contribution is 2.22. The summed E-state index contributed by atoms with van der Waals surface area (Å²) in [4.78, 5) is 25.5. The summed E-state index contributed by atoms with van der Waals surface area (Å²) in [6.45, 7) is 1.89. The lowest BCUT2D eigenvalue weighted by molar-refractivity contribution is -0.122. The van der Waals surface area contributed by atoms with Gasteiger partial charge in [-0.3, -0.25) is 9.59 Å². The zero-order chi connectivity index (χ0) is 20.2. The molecule has 4 rings (SSSR count). The Morgan fingerprint density at radius 3 is 2.34 bits per heavy atom. The normalized spacial score (nSPS) is 11.9. The van der Waals surface area contributed by atoms with Crippen LogP contribution in [0, 0.1) is 6.92 Å². The number of hydrogen-bond donors (Lipinski definition) is 1. The molecule has 0 radical (unpaired) electrons. The first-order valence-electron chi connectivity index (χ1n) is 9.47. The maximum atomic E-state index is 12.8. The van der Waals surface area contributed by atoms with Crippen LogP contribution < -0.4 is 10.9 Å². The van der Waals surface area contributed by atoms with E-state index in [9.17, 15) is 9.59 Å². The number of nitrogens with one attached hydrogen (secondary N) is 1. The van der Waals surface area contributed by atoms with Crippen molar-refractivity contribution in [3.63, 3.8) is 0 Å². The van der Waals surface area contributed by atoms with Gasteiger partial charge < -0.3 is 5.32 Å². The molecule has 0 fully saturated rings. The van der Waals surface area contributed by atoms with Crippen LogP contribution in [0.3, 0.4) is 0 Å². The van der Waals surface area contributed by atoms with Crippen molar-refractivity contribution >= 4 is 16.7 Å². The van der Waals surface area contributed by atoms with Gasteiger partial charge >= 0.3 is 0 Å². The largest absolute Gasteiger partial charge is 0.344 e. The number of aryl methyl sites for hydroxylation is 1. The van der Waals surface area contributed by atoms with Crippen molar-refractivity contribution in [3.05, 3.63) is 112 Å². The number of fused-ring (bicyclic) bond motifs is 1. The number of nitrogens with zero attached hydrogens (tertiary/aromatic N) is 2. The highest BCUT2D eigenvalue weighted by Gasteiger charge is 2.18. The van der Waals surface area contributed by atoms with Crippen molar-refractivity contribution < 1.29 is 4.79 Å². The van der Waals surface area contributed by atoms with Gasteiger partial charge in [0.1, 0.15) is 6.54 Å². The van der Waals surface area contributed by atoms with E-state index in [2.05, 4.69) is 10.4 Å². The van der Waals surface area contributed by atoms with Crippen molar-refractivity contribution in [1.82, 2.24) is 15.1 Å². The minimum absolute atomic E-state index is 0.140. The van der Waals surface area contributed by atoms with Gasteiger partial charge in [0, 0.05) is 5.39 Å². The zero-order valence-electron chi connectivity index (χ0n) is 16.1. The molecule has 5 heteroatoms. The minimum Gasteiger partial charge on any atom is -0.344 e. The topological polar surface area (TPSA) is 64.0 Å². The number of aromatic nitrogens is 2. The third kappa shape index (κ3) is 4.09. The number of carbonyl (C=O) groups excluding carboxylic acids is 1. The van der Waals surface area contributed by atoms with Crippen molar-refractivity contribution in [3.8, 4) is 0 Å². The summed E-state index contributed by atoms with van der Waals surface area (Å²) in [5.74, 6) is -0.274. The van der Waals surface area contributed by atoms with Gasteiger partial charge in [0.15, 0.2) is 0 Å². The third-order valence-electron chi connectivity index (χ3n) is 4.90. The molecule has 1 atom stereocenters. The van der Waals surface area contributed by atoms with Gasteiger partial charge in [0.2, 0.25) is 5.91 Å². The summed E-state index contributed by atoms with van der Waals surface area (Å²) >= 11 is 0. The Morgan fingerprint density at radius 2 is 1.59 bits per heavy atom. The maximum Gasteiger partial charge on any atom is 0.275 e. The molecule has 5 nitrogen and oxygen atoms in total. The van der Waals surface area contributed by atoms with Gasteiger partial charge in [0.05, 0.1) is 17.6 Å². The van der Waals surface area contributed by atoms with Crippen molar-refractivity contribution in [2.24, 2.45) is 0 Å². The Bertz CT molecular complexity index is 1200. The highest BCUT2D eigenvalue weighted by molar-refractivity contribution is 5.81. The minimum atomic E-state index is -0.305. The Balaban J connectivity index is 1.61. The average molecular weight is 383 g/mol. The summed E-state index contributed by atoms with van der Waals surface area (Å²) in [5, 5.41) is 8.52. The van der Waals surface area contributed by atoms with E-state index < -0.39 is 0 Å². The SMILES string of the molecule is Cc1ccc(C(NC(=O)Cn2ncc3ccccc3c2=O)c2ccccc2)cc1. The fourth-order valence-corrected chi connectivity index (χ4v) is 3.35. The molecule has 1 unspecified atom stereocenters. The molecule has 1 aromatic heterocycles. The number of hydrogen-bond acceptors (Lipinski definition) is 3. The van der Waals surface area contributed by atoms with Gasteiger partial charge in [-0.2, -0.15) is 5.10 Å². The Hall–Kier alpha value is -3.73. The third-order valence-corrected chi connectivity index (χ3v) is 4.90. The number of amides is 1. The molecule has 0 saturated carbocycles. The van der Waals surface area contributed by atoms with Crippen molar-refractivity contribution in [2.45, 2.75) is 19.5 Å². The first kappa shape index (κ1) is 18.6. The standard InChI is InChI=1S/C24H21N3O2/c1-17-11-13-19(14-12-17)23(18-7-3-2-4-8-18)26-22(28)16-27-24(29)21-10-6-5-9-20(21)15-25-27/h2-15,23H,16H2,1H3,(H,26,28). The van der Waals surface area contributed by atoms with E-state index in [1.165, 1.54) is 4.68 Å². The Labute approximate surface area is 168 Å². The molecule has 29 heavy (non-hydrogen) atoms. The Morgan fingerprint density at radius 1 is 0.931 bits per heavy atom. The highest BCUT2D eigenvalue weighted by atomic mass is 16.2. The summed E-state index contributed by atoms with van der Waals surface area (Å²) < 4.78 is 1.20. The van der Waals surface area contributed by atoms with Crippen LogP contribution in [0.25, 0.3) is 10.8 Å². The molecule has 0 aliphatic carbocycles. The molecule has 0 aliphatic rings. The molecule has 1 N–H and O–H groups in total. The molecular formula is C24H21N3O2. The predicted molar refractivity (Wildman–Crippen MR) is 114 cm³/mol. The fraction of sp³-hybridized carbons (Fsp3) is 0.125. The van der Waals surface area contributed by atoms with E-state index in [4.69, 9.17) is 0 Å². The van der Waals surface area contributed by atoms with Crippen LogP contribution in [0.1, 0.15) is 22.7 Å². The molecule has 3 aromatic carbocycles. The number of rotatable bonds is 5. The van der Waals surface area contributed by atoms with Crippen LogP contribution >= 0.6 is 0 Å². The first-order valence-corrected chi connectivity index (χ1v) is 9.47. The second-order valence-electron chi connectivity index (χ2n) is 7.02. The van der Waals surface area contributed by atoms with Gasteiger partial charge in [-0.15, -0.1) is 0 Å². The average Bonchev–Trinajstić information content (AvgIpc) is 2.76. The molecule has 0 saturated heterocycles. The van der Waals surface area contributed by atoms with Gasteiger partial charge in [-0.1, -0.05) is 78.4 Å². The van der Waals surface area contributed by atoms with E-state index in [0.29, 0.717) is 5.39 Å². The summed E-state index contributed by atoms with van der Waals surface area (Å²) in [5.41, 5.74) is 2.83. The smallest absolute Gasteiger partial charge is 0.275 e. The fourth-order valence-electron chi connectivity index (χ4n) is 3.35. The molecule has 144 valence electrons. The van der Waals surface area contributed by atoms with Crippen molar-refractivity contribution in [2.75, 3.05) is 0 Å². The van der Waals surface area contributed by atoms with Crippen molar-refractivity contribution in [1.29, 1.82) is 0 Å². The number of benzene rings is 3. The van der Waals surface area contributed by atoms with Gasteiger partial charge in [-0.05, 0) is 24.1 Å². The van der Waals surface area contributed by atoms with Crippen LogP contribution in [0.4, 0.5) is 0 Å². The predicted octanol–water partition coefficient (Wildman–Crippen LogP) is 3.61. The van der Waals surface area contributed by atoms with Gasteiger partial charge in [-0.25, -0.2) is 4.68 Å². The van der Waals surface area contributed by atoms with Crippen LogP contribution in [-0.2, 0) is 11.3 Å². The lowest BCUT2D eigenvalue weighted by Gasteiger charge is -2.20. The summed E-state index contributed by atoms with van der Waals surface area (Å²) in [6, 6.07) is 24.8. The lowest BCUT2D eigenvalue weighted by Crippen LogP contribution is -2.36. The van der Waals surface area contributed by atoms with Gasteiger partial charge in [0.25, 0.3) is 5.56 Å². The molecule has 4 aromatic rings. The molecule has 0 spiro atoms. The second-order valence-corrected chi connectivity index (χ2v) is 7.02.